The first-order chi connectivity index (χ1) is 26.1. The van der Waals surface area contributed by atoms with Crippen molar-refractivity contribution in [1.29, 1.82) is 0 Å². The van der Waals surface area contributed by atoms with E-state index in [9.17, 15) is 53.7 Å². The van der Waals surface area contributed by atoms with Crippen LogP contribution in [0.1, 0.15) is 42.2 Å². The zero-order valence-corrected chi connectivity index (χ0v) is 30.7. The van der Waals surface area contributed by atoms with Gasteiger partial charge in [0.05, 0.1) is 24.9 Å². The molecular weight excluding hydrogens is 767 g/mol. The van der Waals surface area contributed by atoms with Crippen LogP contribution in [-0.2, 0) is 35.3 Å². The number of nitrogens with two attached hydrogens (primary N) is 2. The standard InChI is InChI=1S/C31H39N11O11S2/c1-2-54-55-13-20(30(52)53)40-27(48)19(9-22(44)45)39-26(47)17(32)12-35-21(43)8-7-18(29(50)51)38-25(46)14-3-5-15(6-4-14)34-10-16-11-36-24-23(37-16)28(49)42-31(33)41-24/h3-6,11,17-20,34H,2,7-10,12-13,32H2,1H3,(H,35,43)(H,38,46)(H,39,47)(H,40,48)(H,44,45)(H,50,51)(H,52,53)(H3,33,36,41,42,49). The number of H-pyrrole nitrogens is 1. The quantitative estimate of drug-likeness (QED) is 0.0396. The summed E-state index contributed by atoms with van der Waals surface area (Å²) in [4.78, 5) is 112. The number of carbonyl (C=O) groups excluding carboxylic acids is 4. The molecule has 0 fully saturated rings. The van der Waals surface area contributed by atoms with Gasteiger partial charge in [-0.3, -0.25) is 33.8 Å². The number of amides is 4. The highest BCUT2D eigenvalue weighted by Gasteiger charge is 2.30. The molecule has 55 heavy (non-hydrogen) atoms. The second-order valence-electron chi connectivity index (χ2n) is 11.5. The van der Waals surface area contributed by atoms with Gasteiger partial charge in [0.2, 0.25) is 23.7 Å². The number of hydrogen-bond donors (Lipinski definition) is 11. The first-order valence-electron chi connectivity index (χ1n) is 16.3. The van der Waals surface area contributed by atoms with Gasteiger partial charge in [-0.05, 0) is 30.7 Å². The number of carbonyl (C=O) groups is 7. The number of aliphatic carboxylic acids is 3. The number of benzene rings is 1. The van der Waals surface area contributed by atoms with Crippen LogP contribution in [0.3, 0.4) is 0 Å². The molecule has 0 bridgehead atoms. The van der Waals surface area contributed by atoms with Crippen LogP contribution in [-0.4, -0.2) is 119 Å². The number of nitrogens with zero attached hydrogens (tertiary/aromatic N) is 3. The van der Waals surface area contributed by atoms with E-state index in [1.165, 1.54) is 39.9 Å². The maximum absolute atomic E-state index is 12.8. The third kappa shape index (κ3) is 14.1. The molecule has 24 heteroatoms. The molecule has 22 nitrogen and oxygen atoms in total. The molecular formula is C31H39N11O11S2. The molecule has 0 aliphatic heterocycles. The molecule has 296 valence electrons. The number of nitrogen functional groups attached to an aromatic ring is 1. The minimum Gasteiger partial charge on any atom is -0.481 e. The molecule has 0 spiro atoms. The summed E-state index contributed by atoms with van der Waals surface area (Å²) < 4.78 is 0. The number of aromatic nitrogens is 4. The molecule has 2 aromatic heterocycles. The van der Waals surface area contributed by atoms with Crippen molar-refractivity contribution < 1.29 is 48.9 Å². The number of rotatable bonds is 22. The molecule has 3 rings (SSSR count). The SMILES string of the molecule is CCSSCC(NC(=O)C(CC(=O)O)NC(=O)C(N)CNC(=O)CCC(NC(=O)c1ccc(NCc2cnc3nc(N)[nH]c(=O)c3n2)cc1)C(=O)O)C(=O)O. The van der Waals surface area contributed by atoms with Gasteiger partial charge in [-0.25, -0.2) is 19.6 Å². The molecule has 0 radical (unpaired) electrons. The average molecular weight is 806 g/mol. The first-order valence-corrected chi connectivity index (χ1v) is 18.8. The minimum absolute atomic E-state index is 0.00880. The Balaban J connectivity index is 1.47. The van der Waals surface area contributed by atoms with Gasteiger partial charge in [-0.15, -0.1) is 0 Å². The molecule has 13 N–H and O–H groups in total. The Hall–Kier alpha value is -6.01. The van der Waals surface area contributed by atoms with E-state index in [1.807, 2.05) is 6.92 Å². The lowest BCUT2D eigenvalue weighted by atomic mass is 10.1. The summed E-state index contributed by atoms with van der Waals surface area (Å²) in [6.07, 6.45) is -0.217. The topological polar surface area (TPSA) is 364 Å². The van der Waals surface area contributed by atoms with Crippen molar-refractivity contribution in [2.45, 2.75) is 56.9 Å². The maximum atomic E-state index is 12.8. The lowest BCUT2D eigenvalue weighted by Gasteiger charge is -2.22. The highest BCUT2D eigenvalue weighted by atomic mass is 33.1. The van der Waals surface area contributed by atoms with Crippen molar-refractivity contribution in [1.82, 2.24) is 41.2 Å². The molecule has 4 amide bonds. The van der Waals surface area contributed by atoms with Crippen molar-refractivity contribution in [3.05, 3.63) is 52.1 Å². The predicted molar refractivity (Wildman–Crippen MR) is 200 cm³/mol. The highest BCUT2D eigenvalue weighted by molar-refractivity contribution is 8.76. The van der Waals surface area contributed by atoms with Crippen LogP contribution < -0.4 is 43.6 Å². The van der Waals surface area contributed by atoms with Crippen molar-refractivity contribution in [3.63, 3.8) is 0 Å². The normalized spacial score (nSPS) is 13.1. The zero-order valence-electron chi connectivity index (χ0n) is 29.1. The van der Waals surface area contributed by atoms with Crippen LogP contribution in [0.2, 0.25) is 0 Å². The van der Waals surface area contributed by atoms with Gasteiger partial charge in [0.15, 0.2) is 11.2 Å². The van der Waals surface area contributed by atoms with E-state index in [-0.39, 0.29) is 41.4 Å². The average Bonchev–Trinajstić information content (AvgIpc) is 3.13. The van der Waals surface area contributed by atoms with Crippen LogP contribution in [0, 0.1) is 0 Å². The van der Waals surface area contributed by atoms with Crippen molar-refractivity contribution in [3.8, 4) is 0 Å². The van der Waals surface area contributed by atoms with Gasteiger partial charge in [0.1, 0.15) is 24.2 Å². The molecule has 0 aliphatic rings. The summed E-state index contributed by atoms with van der Waals surface area (Å²) in [5, 5.41) is 40.3. The van der Waals surface area contributed by atoms with E-state index in [0.717, 1.165) is 0 Å². The summed E-state index contributed by atoms with van der Waals surface area (Å²) in [5.41, 5.74) is 12.0. The number of carboxylic acids is 3. The van der Waals surface area contributed by atoms with E-state index in [4.69, 9.17) is 11.5 Å². The second-order valence-corrected chi connectivity index (χ2v) is 14.3. The third-order valence-electron chi connectivity index (χ3n) is 7.29. The Kier molecular flexibility index (Phi) is 16.6. The lowest BCUT2D eigenvalue weighted by Crippen LogP contribution is -2.57. The highest BCUT2D eigenvalue weighted by Crippen LogP contribution is 2.21. The van der Waals surface area contributed by atoms with Crippen LogP contribution in [0.25, 0.3) is 11.2 Å². The van der Waals surface area contributed by atoms with E-state index in [0.29, 0.717) is 17.1 Å². The molecule has 1 aromatic carbocycles. The number of carboxylic acid groups (broad SMARTS) is 3. The summed E-state index contributed by atoms with van der Waals surface area (Å²) in [5.74, 6) is -7.23. The summed E-state index contributed by atoms with van der Waals surface area (Å²) in [6, 6.07) is -0.0266. The van der Waals surface area contributed by atoms with Crippen LogP contribution in [0.4, 0.5) is 11.6 Å². The zero-order chi connectivity index (χ0) is 40.7. The summed E-state index contributed by atoms with van der Waals surface area (Å²) in [7, 11) is 2.54. The molecule has 3 aromatic rings. The van der Waals surface area contributed by atoms with E-state index in [1.54, 1.807) is 12.1 Å². The molecule has 4 unspecified atom stereocenters. The van der Waals surface area contributed by atoms with E-state index < -0.39 is 90.6 Å². The Bertz CT molecular complexity index is 1950. The van der Waals surface area contributed by atoms with Gasteiger partial charge in [-0.1, -0.05) is 28.5 Å². The largest absolute Gasteiger partial charge is 0.481 e. The monoisotopic (exact) mass is 805 g/mol. The fraction of sp³-hybridized carbons (Fsp3) is 0.387. The Morgan fingerprint density at radius 3 is 2.20 bits per heavy atom. The Morgan fingerprint density at radius 2 is 1.56 bits per heavy atom. The Labute approximate surface area is 319 Å². The van der Waals surface area contributed by atoms with Crippen molar-refractivity contribution in [2.24, 2.45) is 5.73 Å². The van der Waals surface area contributed by atoms with Gasteiger partial charge in [0, 0.05) is 35.7 Å². The van der Waals surface area contributed by atoms with E-state index in [2.05, 4.69) is 46.5 Å². The van der Waals surface area contributed by atoms with Crippen molar-refractivity contribution in [2.75, 3.05) is 29.1 Å². The summed E-state index contributed by atoms with van der Waals surface area (Å²) >= 11 is 0. The van der Waals surface area contributed by atoms with E-state index >= 15 is 0 Å². The number of aromatic amines is 1. The van der Waals surface area contributed by atoms with Crippen LogP contribution in [0.15, 0.2) is 35.3 Å². The predicted octanol–water partition coefficient (Wildman–Crippen LogP) is -1.76. The van der Waals surface area contributed by atoms with Gasteiger partial charge >= 0.3 is 17.9 Å². The molecule has 0 saturated heterocycles. The van der Waals surface area contributed by atoms with Crippen LogP contribution in [0.5, 0.6) is 0 Å². The second kappa shape index (κ2) is 21.0. The smallest absolute Gasteiger partial charge is 0.327 e. The molecule has 4 atom stereocenters. The fourth-order valence-corrected chi connectivity index (χ4v) is 6.30. The molecule has 2 heterocycles. The van der Waals surface area contributed by atoms with Crippen molar-refractivity contribution >= 4 is 85.9 Å². The van der Waals surface area contributed by atoms with Gasteiger partial charge < -0.3 is 53.4 Å². The number of nitrogens with one attached hydrogen (secondary N) is 6. The minimum atomic E-state index is -1.68. The number of anilines is 2. The maximum Gasteiger partial charge on any atom is 0.327 e. The molecule has 0 saturated carbocycles. The van der Waals surface area contributed by atoms with Gasteiger partial charge in [-0.2, -0.15) is 4.98 Å². The van der Waals surface area contributed by atoms with Gasteiger partial charge in [0.25, 0.3) is 11.5 Å². The lowest BCUT2D eigenvalue weighted by molar-refractivity contribution is -0.143. The fourth-order valence-electron chi connectivity index (χ4n) is 4.48. The first kappa shape index (κ1) is 43.4. The van der Waals surface area contributed by atoms with Crippen LogP contribution >= 0.6 is 21.6 Å². The third-order valence-corrected chi connectivity index (χ3v) is 9.78. The number of hydrogen-bond acceptors (Lipinski definition) is 16. The Morgan fingerprint density at radius 1 is 0.891 bits per heavy atom. The molecule has 0 aliphatic carbocycles. The summed E-state index contributed by atoms with van der Waals surface area (Å²) in [6.45, 7) is 1.52. The number of fused-ring (bicyclic) bond motifs is 1.